The zero-order valence-electron chi connectivity index (χ0n) is 14.5. The van der Waals surface area contributed by atoms with E-state index in [1.807, 2.05) is 0 Å². The summed E-state index contributed by atoms with van der Waals surface area (Å²) in [6.07, 6.45) is -2.39. The van der Waals surface area contributed by atoms with Crippen molar-refractivity contribution in [1.29, 1.82) is 0 Å². The summed E-state index contributed by atoms with van der Waals surface area (Å²) in [4.78, 5) is 0. The van der Waals surface area contributed by atoms with E-state index < -0.39 is 12.6 Å². The van der Waals surface area contributed by atoms with Gasteiger partial charge in [0.05, 0.1) is 0 Å². The highest BCUT2D eigenvalue weighted by atomic mass is 19.4. The Morgan fingerprint density at radius 2 is 1.71 bits per heavy atom. The van der Waals surface area contributed by atoms with Gasteiger partial charge >= 0.3 is 6.18 Å². The number of hydrogen-bond donors (Lipinski definition) is 2. The second-order valence-corrected chi connectivity index (χ2v) is 7.60. The van der Waals surface area contributed by atoms with E-state index >= 15 is 0 Å². The molecule has 2 nitrogen and oxygen atoms in total. The third-order valence-corrected chi connectivity index (χ3v) is 5.29. The summed E-state index contributed by atoms with van der Waals surface area (Å²) in [6, 6.07) is 2.77. The molecule has 0 amide bonds. The number of aryl methyl sites for hydroxylation is 1. The van der Waals surface area contributed by atoms with Crippen molar-refractivity contribution in [2.24, 2.45) is 17.8 Å². The van der Waals surface area contributed by atoms with Crippen molar-refractivity contribution >= 4 is 0 Å². The fourth-order valence-corrected chi connectivity index (χ4v) is 4.02. The van der Waals surface area contributed by atoms with E-state index in [0.717, 1.165) is 19.3 Å². The topological polar surface area (TPSA) is 40.5 Å². The number of rotatable bonds is 4. The average molecular weight is 344 g/mol. The number of benzene rings is 1. The third-order valence-electron chi connectivity index (χ3n) is 5.29. The first-order valence-electron chi connectivity index (χ1n) is 8.70. The molecule has 0 radical (unpaired) electrons. The zero-order chi connectivity index (χ0) is 18.1. The highest BCUT2D eigenvalue weighted by molar-refractivity contribution is 5.49. The van der Waals surface area contributed by atoms with Gasteiger partial charge in [-0.3, -0.25) is 0 Å². The quantitative estimate of drug-likeness (QED) is 0.728. The lowest BCUT2D eigenvalue weighted by Gasteiger charge is -2.38. The van der Waals surface area contributed by atoms with Crippen LogP contribution in [0.4, 0.5) is 13.2 Å². The molecule has 0 bridgehead atoms. The second-order valence-electron chi connectivity index (χ2n) is 7.60. The lowest BCUT2D eigenvalue weighted by Crippen LogP contribution is -2.26. The lowest BCUT2D eigenvalue weighted by atomic mass is 9.67. The van der Waals surface area contributed by atoms with Crippen LogP contribution >= 0.6 is 0 Å². The standard InChI is InChI=1S/C19H27F3O2/c1-11(2)14-5-4-12(3)8-15(14)18-16(23)9-13(10-17(18)24)6-7-19(20,21)22/h9-12,14-15,23-24H,4-8H2,1-3H3. The fraction of sp³-hybridized carbons (Fsp3) is 0.684. The molecule has 136 valence electrons. The number of phenolic OH excluding ortho intramolecular Hbond substituents is 2. The molecular weight excluding hydrogens is 317 g/mol. The Bertz CT molecular complexity index is 543. The molecule has 1 fully saturated rings. The highest BCUT2D eigenvalue weighted by Gasteiger charge is 2.35. The van der Waals surface area contributed by atoms with Gasteiger partial charge in [0.1, 0.15) is 11.5 Å². The van der Waals surface area contributed by atoms with Crippen LogP contribution in [0.3, 0.4) is 0 Å². The summed E-state index contributed by atoms with van der Waals surface area (Å²) < 4.78 is 37.1. The van der Waals surface area contributed by atoms with Crippen LogP contribution in [-0.2, 0) is 6.42 Å². The molecule has 5 heteroatoms. The van der Waals surface area contributed by atoms with Gasteiger partial charge in [-0.2, -0.15) is 13.2 Å². The van der Waals surface area contributed by atoms with Crippen LogP contribution < -0.4 is 0 Å². The molecule has 1 aromatic carbocycles. The van der Waals surface area contributed by atoms with Gasteiger partial charge in [0.15, 0.2) is 0 Å². The summed E-state index contributed by atoms with van der Waals surface area (Å²) in [5.74, 6) is 1.19. The minimum Gasteiger partial charge on any atom is -0.508 e. The summed E-state index contributed by atoms with van der Waals surface area (Å²) in [5, 5.41) is 20.8. The normalized spacial score (nSPS) is 25.2. The van der Waals surface area contributed by atoms with Crippen LogP contribution in [0, 0.1) is 17.8 Å². The van der Waals surface area contributed by atoms with E-state index in [2.05, 4.69) is 20.8 Å². The van der Waals surface area contributed by atoms with Gasteiger partial charge in [-0.15, -0.1) is 0 Å². The first-order valence-corrected chi connectivity index (χ1v) is 8.70. The average Bonchev–Trinajstić information content (AvgIpc) is 2.43. The van der Waals surface area contributed by atoms with E-state index in [0.29, 0.717) is 28.9 Å². The fourth-order valence-electron chi connectivity index (χ4n) is 4.02. The van der Waals surface area contributed by atoms with Gasteiger partial charge in [-0.25, -0.2) is 0 Å². The van der Waals surface area contributed by atoms with Crippen molar-refractivity contribution in [2.75, 3.05) is 0 Å². The molecule has 0 aliphatic heterocycles. The third kappa shape index (κ3) is 4.58. The molecule has 2 rings (SSSR count). The van der Waals surface area contributed by atoms with Gasteiger partial charge in [0, 0.05) is 12.0 Å². The number of halogens is 3. The molecule has 0 saturated heterocycles. The summed E-state index contributed by atoms with van der Waals surface area (Å²) in [5.41, 5.74) is 0.826. The molecule has 0 aromatic heterocycles. The molecule has 3 unspecified atom stereocenters. The van der Waals surface area contributed by atoms with Crippen LogP contribution in [0.15, 0.2) is 12.1 Å². The molecule has 2 N–H and O–H groups in total. The van der Waals surface area contributed by atoms with E-state index in [9.17, 15) is 23.4 Å². The van der Waals surface area contributed by atoms with Crippen LogP contribution in [-0.4, -0.2) is 16.4 Å². The van der Waals surface area contributed by atoms with Crippen molar-refractivity contribution in [3.8, 4) is 11.5 Å². The Balaban J connectivity index is 2.29. The van der Waals surface area contributed by atoms with Crippen molar-refractivity contribution in [3.05, 3.63) is 23.3 Å². The Kier molecular flexibility index (Phi) is 5.71. The Morgan fingerprint density at radius 3 is 2.21 bits per heavy atom. The Hall–Kier alpha value is -1.39. The summed E-state index contributed by atoms with van der Waals surface area (Å²) in [7, 11) is 0. The minimum absolute atomic E-state index is 0.0467. The molecule has 24 heavy (non-hydrogen) atoms. The maximum absolute atomic E-state index is 12.4. The lowest BCUT2D eigenvalue weighted by molar-refractivity contribution is -0.134. The largest absolute Gasteiger partial charge is 0.508 e. The molecule has 1 aromatic rings. The maximum atomic E-state index is 12.4. The summed E-state index contributed by atoms with van der Waals surface area (Å²) in [6.45, 7) is 6.44. The van der Waals surface area contributed by atoms with E-state index in [1.165, 1.54) is 12.1 Å². The van der Waals surface area contributed by atoms with Crippen LogP contribution in [0.2, 0.25) is 0 Å². The van der Waals surface area contributed by atoms with Crippen molar-refractivity contribution < 1.29 is 23.4 Å². The van der Waals surface area contributed by atoms with Crippen LogP contribution in [0.25, 0.3) is 0 Å². The Labute approximate surface area is 141 Å². The predicted octanol–water partition coefficient (Wildman–Crippen LogP) is 5.77. The SMILES string of the molecule is CC1CCC(C(C)C)C(c2c(O)cc(CCC(F)(F)F)cc2O)C1. The van der Waals surface area contributed by atoms with Gasteiger partial charge in [0.25, 0.3) is 0 Å². The molecule has 3 atom stereocenters. The predicted molar refractivity (Wildman–Crippen MR) is 88.2 cm³/mol. The molecular formula is C19H27F3O2. The van der Waals surface area contributed by atoms with Gasteiger partial charge in [-0.1, -0.05) is 27.2 Å². The van der Waals surface area contributed by atoms with Gasteiger partial charge < -0.3 is 10.2 Å². The van der Waals surface area contributed by atoms with Crippen molar-refractivity contribution in [1.82, 2.24) is 0 Å². The summed E-state index contributed by atoms with van der Waals surface area (Å²) >= 11 is 0. The second kappa shape index (κ2) is 7.24. The maximum Gasteiger partial charge on any atom is 0.389 e. The first-order chi connectivity index (χ1) is 11.1. The van der Waals surface area contributed by atoms with E-state index in [-0.39, 0.29) is 23.8 Å². The number of aromatic hydroxyl groups is 2. The molecule has 1 saturated carbocycles. The van der Waals surface area contributed by atoms with Crippen LogP contribution in [0.5, 0.6) is 11.5 Å². The Morgan fingerprint density at radius 1 is 1.12 bits per heavy atom. The highest BCUT2D eigenvalue weighted by Crippen LogP contribution is 2.49. The van der Waals surface area contributed by atoms with E-state index in [4.69, 9.17) is 0 Å². The first kappa shape index (κ1) is 18.9. The van der Waals surface area contributed by atoms with Crippen molar-refractivity contribution in [2.45, 2.75) is 65.0 Å². The van der Waals surface area contributed by atoms with Gasteiger partial charge in [-0.05, 0) is 60.6 Å². The van der Waals surface area contributed by atoms with Gasteiger partial charge in [0.2, 0.25) is 0 Å². The smallest absolute Gasteiger partial charge is 0.389 e. The number of alkyl halides is 3. The minimum atomic E-state index is -4.24. The number of phenols is 2. The monoisotopic (exact) mass is 344 g/mol. The van der Waals surface area contributed by atoms with Crippen LogP contribution in [0.1, 0.15) is 63.5 Å². The van der Waals surface area contributed by atoms with E-state index in [1.54, 1.807) is 0 Å². The molecule has 1 aliphatic carbocycles. The van der Waals surface area contributed by atoms with Crippen molar-refractivity contribution in [3.63, 3.8) is 0 Å². The molecule has 0 spiro atoms. The molecule has 0 heterocycles. The molecule has 1 aliphatic rings. The zero-order valence-corrected chi connectivity index (χ0v) is 14.5. The number of hydrogen-bond acceptors (Lipinski definition) is 2.